The van der Waals surface area contributed by atoms with Crippen molar-refractivity contribution < 1.29 is 14.3 Å². The number of ether oxygens (including phenoxy) is 2. The molecule has 1 fully saturated rings. The van der Waals surface area contributed by atoms with Crippen molar-refractivity contribution in [2.75, 3.05) is 31.1 Å². The van der Waals surface area contributed by atoms with E-state index in [4.69, 9.17) is 14.5 Å². The Hall–Kier alpha value is -5.11. The molecule has 0 bridgehead atoms. The van der Waals surface area contributed by atoms with Gasteiger partial charge in [-0.1, -0.05) is 18.2 Å². The Kier molecular flexibility index (Phi) is 6.69. The number of piperazine rings is 1. The highest BCUT2D eigenvalue weighted by atomic mass is 16.6. The van der Waals surface area contributed by atoms with E-state index in [2.05, 4.69) is 26.3 Å². The second kappa shape index (κ2) is 10.4. The second-order valence-corrected chi connectivity index (χ2v) is 11.5. The molecule has 42 heavy (non-hydrogen) atoms. The lowest BCUT2D eigenvalue weighted by molar-refractivity contribution is 0.0240. The fourth-order valence-corrected chi connectivity index (χ4v) is 5.30. The minimum absolute atomic E-state index is 0.335. The highest BCUT2D eigenvalue weighted by Crippen LogP contribution is 2.42. The van der Waals surface area contributed by atoms with E-state index < -0.39 is 5.60 Å². The Balaban J connectivity index is 1.47. The molecule has 1 N–H and O–H groups in total. The van der Waals surface area contributed by atoms with Crippen LogP contribution in [0.5, 0.6) is 11.5 Å². The Morgan fingerprint density at radius 3 is 2.55 bits per heavy atom. The molecular formula is C31H32N8O3. The van der Waals surface area contributed by atoms with Gasteiger partial charge < -0.3 is 19.3 Å². The first kappa shape index (κ1) is 27.1. The lowest BCUT2D eigenvalue weighted by Crippen LogP contribution is -2.50. The van der Waals surface area contributed by atoms with Gasteiger partial charge in [-0.15, -0.1) is 0 Å². The van der Waals surface area contributed by atoms with Crippen molar-refractivity contribution in [3.63, 3.8) is 0 Å². The van der Waals surface area contributed by atoms with Crippen LogP contribution in [0.3, 0.4) is 0 Å². The van der Waals surface area contributed by atoms with Crippen LogP contribution in [0.25, 0.3) is 33.1 Å². The van der Waals surface area contributed by atoms with Crippen LogP contribution in [-0.2, 0) is 11.8 Å². The highest BCUT2D eigenvalue weighted by molar-refractivity contribution is 6.01. The molecule has 2 aromatic carbocycles. The molecule has 0 aliphatic carbocycles. The number of nitrogens with one attached hydrogen (secondary N) is 1. The number of amides is 1. The van der Waals surface area contributed by atoms with Gasteiger partial charge >= 0.3 is 6.09 Å². The Bertz CT molecular complexity index is 1850. The quantitative estimate of drug-likeness (QED) is 0.302. The first-order valence-corrected chi connectivity index (χ1v) is 13.8. The van der Waals surface area contributed by atoms with E-state index in [0.29, 0.717) is 54.5 Å². The van der Waals surface area contributed by atoms with Crippen LogP contribution in [0.4, 0.5) is 10.5 Å². The van der Waals surface area contributed by atoms with Crippen molar-refractivity contribution in [2.24, 2.45) is 7.05 Å². The zero-order valence-corrected chi connectivity index (χ0v) is 24.3. The number of anilines is 1. The van der Waals surface area contributed by atoms with Crippen LogP contribution in [0, 0.1) is 18.3 Å². The predicted octanol–water partition coefficient (Wildman–Crippen LogP) is 5.54. The van der Waals surface area contributed by atoms with Gasteiger partial charge in [0.1, 0.15) is 28.5 Å². The van der Waals surface area contributed by atoms with E-state index >= 15 is 0 Å². The van der Waals surface area contributed by atoms with E-state index in [-0.39, 0.29) is 6.09 Å². The molecule has 0 unspecified atom stereocenters. The molecule has 3 aromatic heterocycles. The van der Waals surface area contributed by atoms with E-state index in [0.717, 1.165) is 33.1 Å². The fourth-order valence-electron chi connectivity index (χ4n) is 5.30. The summed E-state index contributed by atoms with van der Waals surface area (Å²) in [5.41, 5.74) is 4.35. The molecule has 214 valence electrons. The standard InChI is InChI=1S/C31H32N8O3/c1-19-9-10-24-23(17-33-36-24)29(19)41-25-8-6-7-21-27(25)35-26(20-16-34-37(5)18-20)22(15-32)28(21)38-11-13-39(14-12-38)30(40)42-31(2,3)4/h6-10,16-18H,11-14H2,1-5H3,(H,33,36). The van der Waals surface area contributed by atoms with Crippen LogP contribution in [0.1, 0.15) is 31.9 Å². The molecule has 0 saturated carbocycles. The van der Waals surface area contributed by atoms with E-state index in [1.165, 1.54) is 0 Å². The van der Waals surface area contributed by atoms with Gasteiger partial charge in [0, 0.05) is 50.4 Å². The summed E-state index contributed by atoms with van der Waals surface area (Å²) in [4.78, 5) is 21.6. The summed E-state index contributed by atoms with van der Waals surface area (Å²) in [5.74, 6) is 1.25. The van der Waals surface area contributed by atoms with Crippen LogP contribution in [0.15, 0.2) is 48.9 Å². The van der Waals surface area contributed by atoms with Gasteiger partial charge in [-0.05, 0) is 45.4 Å². The van der Waals surface area contributed by atoms with Crippen LogP contribution in [-0.4, -0.2) is 67.7 Å². The average Bonchev–Trinajstić information content (AvgIpc) is 3.62. The third kappa shape index (κ3) is 4.96. The largest absolute Gasteiger partial charge is 0.454 e. The summed E-state index contributed by atoms with van der Waals surface area (Å²) in [6, 6.07) is 12.1. The molecule has 11 nitrogen and oxygen atoms in total. The number of para-hydroxylation sites is 1. The van der Waals surface area contributed by atoms with Gasteiger partial charge in [0.15, 0.2) is 5.75 Å². The summed E-state index contributed by atoms with van der Waals surface area (Å²) in [7, 11) is 1.83. The van der Waals surface area contributed by atoms with Crippen LogP contribution in [0.2, 0.25) is 0 Å². The van der Waals surface area contributed by atoms with Gasteiger partial charge in [0.2, 0.25) is 0 Å². The third-order valence-corrected chi connectivity index (χ3v) is 7.27. The number of aryl methyl sites for hydroxylation is 2. The summed E-state index contributed by atoms with van der Waals surface area (Å²) in [5, 5.41) is 23.7. The number of hydrogen-bond donors (Lipinski definition) is 1. The lowest BCUT2D eigenvalue weighted by atomic mass is 10.0. The van der Waals surface area contributed by atoms with Crippen LogP contribution < -0.4 is 9.64 Å². The number of benzene rings is 2. The summed E-state index contributed by atoms with van der Waals surface area (Å²) in [6.07, 6.45) is 4.97. The van der Waals surface area contributed by atoms with Gasteiger partial charge in [0.05, 0.1) is 34.7 Å². The van der Waals surface area contributed by atoms with E-state index in [1.54, 1.807) is 22.0 Å². The van der Waals surface area contributed by atoms with Crippen molar-refractivity contribution in [2.45, 2.75) is 33.3 Å². The molecule has 1 aliphatic rings. The molecule has 1 aliphatic heterocycles. The number of fused-ring (bicyclic) bond motifs is 2. The minimum Gasteiger partial charge on any atom is -0.454 e. The first-order valence-electron chi connectivity index (χ1n) is 13.8. The Morgan fingerprint density at radius 2 is 1.86 bits per heavy atom. The number of rotatable bonds is 4. The molecule has 1 saturated heterocycles. The molecule has 5 aromatic rings. The molecule has 1 amide bonds. The maximum Gasteiger partial charge on any atom is 0.410 e. The SMILES string of the molecule is Cc1ccc2[nH]ncc2c1Oc1cccc2c(N3CCN(C(=O)OC(C)(C)C)CC3)c(C#N)c(-c3cnn(C)c3)nc12. The topological polar surface area (TPSA) is 125 Å². The average molecular weight is 565 g/mol. The number of H-pyrrole nitrogens is 1. The third-order valence-electron chi connectivity index (χ3n) is 7.27. The van der Waals surface area contributed by atoms with Crippen molar-refractivity contribution in [1.82, 2.24) is 29.9 Å². The number of aromatic amines is 1. The molecule has 11 heteroatoms. The summed E-state index contributed by atoms with van der Waals surface area (Å²) in [6.45, 7) is 9.54. The number of nitrogens with zero attached hydrogens (tertiary/aromatic N) is 7. The smallest absolute Gasteiger partial charge is 0.410 e. The zero-order valence-electron chi connectivity index (χ0n) is 24.3. The number of carbonyl (C=O) groups excluding carboxylic acids is 1. The molecule has 0 radical (unpaired) electrons. The van der Waals surface area contributed by atoms with E-state index in [1.807, 2.05) is 71.3 Å². The van der Waals surface area contributed by atoms with Crippen molar-refractivity contribution in [1.29, 1.82) is 5.26 Å². The number of pyridine rings is 1. The maximum absolute atomic E-state index is 12.7. The summed E-state index contributed by atoms with van der Waals surface area (Å²) < 4.78 is 13.9. The zero-order chi connectivity index (χ0) is 29.6. The molecule has 0 spiro atoms. The molecule has 0 atom stereocenters. The monoisotopic (exact) mass is 564 g/mol. The van der Waals surface area contributed by atoms with Crippen LogP contribution >= 0.6 is 0 Å². The highest BCUT2D eigenvalue weighted by Gasteiger charge is 2.30. The molecule has 6 rings (SSSR count). The fraction of sp³-hybridized carbons (Fsp3) is 0.323. The van der Waals surface area contributed by atoms with Crippen molar-refractivity contribution in [3.8, 4) is 28.8 Å². The number of hydrogen-bond acceptors (Lipinski definition) is 8. The lowest BCUT2D eigenvalue weighted by Gasteiger charge is -2.37. The normalized spacial score (nSPS) is 13.9. The van der Waals surface area contributed by atoms with Crippen molar-refractivity contribution in [3.05, 3.63) is 60.0 Å². The molecular weight excluding hydrogens is 532 g/mol. The Labute approximate surface area is 243 Å². The number of aromatic nitrogens is 5. The second-order valence-electron chi connectivity index (χ2n) is 11.5. The van der Waals surface area contributed by atoms with Gasteiger partial charge in [-0.2, -0.15) is 15.5 Å². The predicted molar refractivity (Wildman–Crippen MR) is 160 cm³/mol. The van der Waals surface area contributed by atoms with Gasteiger partial charge in [-0.25, -0.2) is 9.78 Å². The van der Waals surface area contributed by atoms with Gasteiger partial charge in [-0.3, -0.25) is 9.78 Å². The number of carbonyl (C=O) groups is 1. The molecule has 4 heterocycles. The van der Waals surface area contributed by atoms with Gasteiger partial charge in [0.25, 0.3) is 0 Å². The summed E-state index contributed by atoms with van der Waals surface area (Å²) >= 11 is 0. The first-order chi connectivity index (χ1) is 20.1. The minimum atomic E-state index is -0.572. The number of nitriles is 1. The maximum atomic E-state index is 12.7. The Morgan fingerprint density at radius 1 is 1.07 bits per heavy atom. The van der Waals surface area contributed by atoms with Crippen molar-refractivity contribution >= 4 is 33.6 Å². The van der Waals surface area contributed by atoms with E-state index in [9.17, 15) is 10.1 Å².